The number of anilines is 1. The largest absolute Gasteiger partial charge is 0.378 e. The van der Waals surface area contributed by atoms with E-state index < -0.39 is 11.2 Å². The lowest BCUT2D eigenvalue weighted by atomic mass is 9.98. The van der Waals surface area contributed by atoms with Gasteiger partial charge in [-0.3, -0.25) is 4.99 Å². The molecule has 0 spiro atoms. The lowest BCUT2D eigenvalue weighted by molar-refractivity contribution is 0.00886. The van der Waals surface area contributed by atoms with Crippen LogP contribution in [0.2, 0.25) is 0 Å². The highest BCUT2D eigenvalue weighted by molar-refractivity contribution is 7.19. The maximum absolute atomic E-state index is 14.3. The van der Waals surface area contributed by atoms with Crippen molar-refractivity contribution in [2.24, 2.45) is 16.0 Å². The molecule has 2 aliphatic rings. The van der Waals surface area contributed by atoms with Crippen LogP contribution in [0.1, 0.15) is 78.8 Å². The van der Waals surface area contributed by atoms with Gasteiger partial charge in [-0.2, -0.15) is 5.10 Å². The van der Waals surface area contributed by atoms with E-state index in [1.807, 2.05) is 30.4 Å². The normalized spacial score (nSPS) is 18.4. The van der Waals surface area contributed by atoms with Crippen LogP contribution in [0.5, 0.6) is 0 Å². The molecule has 5 unspecified atom stereocenters. The van der Waals surface area contributed by atoms with E-state index in [0.29, 0.717) is 23.8 Å². The van der Waals surface area contributed by atoms with E-state index in [2.05, 4.69) is 80.6 Å². The van der Waals surface area contributed by atoms with Crippen LogP contribution in [0.3, 0.4) is 0 Å². The first-order valence-corrected chi connectivity index (χ1v) is 16.1. The number of hydrogen-bond donors (Lipinski definition) is 2. The fourth-order valence-corrected chi connectivity index (χ4v) is 4.27. The van der Waals surface area contributed by atoms with Gasteiger partial charge >= 0.3 is 0 Å². The minimum Gasteiger partial charge on any atom is -0.378 e. The van der Waals surface area contributed by atoms with E-state index in [-0.39, 0.29) is 17.7 Å². The van der Waals surface area contributed by atoms with Crippen LogP contribution < -0.4 is 10.7 Å². The predicted molar refractivity (Wildman–Crippen MR) is 190 cm³/mol. The Balaban J connectivity index is 0.000000570. The van der Waals surface area contributed by atoms with Crippen LogP contribution in [0.4, 0.5) is 14.7 Å². The molecule has 7 nitrogen and oxygen atoms in total. The zero-order chi connectivity index (χ0) is 33.7. The maximum atomic E-state index is 14.3. The van der Waals surface area contributed by atoms with E-state index in [0.717, 1.165) is 24.4 Å². The predicted octanol–water partition coefficient (Wildman–Crippen LogP) is 8.40. The van der Waals surface area contributed by atoms with Gasteiger partial charge in [0.15, 0.2) is 5.82 Å². The fourth-order valence-electron chi connectivity index (χ4n) is 4.09. The molecule has 0 amide bonds. The number of alkyl halides is 1. The van der Waals surface area contributed by atoms with E-state index in [1.54, 1.807) is 25.3 Å². The Bertz CT molecular complexity index is 1260. The van der Waals surface area contributed by atoms with Gasteiger partial charge in [-0.1, -0.05) is 80.5 Å². The average Bonchev–Trinajstić information content (AvgIpc) is 3.40. The van der Waals surface area contributed by atoms with E-state index >= 15 is 0 Å². The van der Waals surface area contributed by atoms with Gasteiger partial charge in [0.2, 0.25) is 5.95 Å². The van der Waals surface area contributed by atoms with Crippen molar-refractivity contribution in [2.45, 2.75) is 97.6 Å². The van der Waals surface area contributed by atoms with Gasteiger partial charge < -0.3 is 10.1 Å². The summed E-state index contributed by atoms with van der Waals surface area (Å²) in [5.41, 5.74) is 4.91. The Morgan fingerprint density at radius 3 is 2.62 bits per heavy atom. The summed E-state index contributed by atoms with van der Waals surface area (Å²) in [5.74, 6) is 0.445. The third-order valence-corrected chi connectivity index (χ3v) is 7.27. The fraction of sp³-hybridized carbons (Fsp3) is 0.486. The van der Waals surface area contributed by atoms with Gasteiger partial charge in [0.05, 0.1) is 36.0 Å². The molecule has 45 heavy (non-hydrogen) atoms. The average molecular weight is 641 g/mol. The van der Waals surface area contributed by atoms with Gasteiger partial charge in [0.1, 0.15) is 5.41 Å². The highest BCUT2D eigenvalue weighted by atomic mass is 31.0. The number of aromatic nitrogens is 2. The molecular weight excluding hydrogens is 589 g/mol. The Hall–Kier alpha value is -3.47. The van der Waals surface area contributed by atoms with Gasteiger partial charge in [-0.15, -0.1) is 12.8 Å². The first-order valence-electron chi connectivity index (χ1n) is 15.6. The lowest BCUT2D eigenvalue weighted by Gasteiger charge is -2.22. The summed E-state index contributed by atoms with van der Waals surface area (Å²) in [6.45, 7) is 13.0. The molecule has 10 heteroatoms. The van der Waals surface area contributed by atoms with Crippen molar-refractivity contribution in [1.29, 1.82) is 0 Å². The van der Waals surface area contributed by atoms with Crippen LogP contribution in [0.15, 0.2) is 76.3 Å². The van der Waals surface area contributed by atoms with E-state index in [4.69, 9.17) is 4.74 Å². The number of hydrogen-bond acceptors (Lipinski definition) is 7. The van der Waals surface area contributed by atoms with Crippen LogP contribution in [-0.2, 0) is 4.74 Å². The summed E-state index contributed by atoms with van der Waals surface area (Å²) in [5, 5.41) is 5.90. The lowest BCUT2D eigenvalue weighted by Crippen LogP contribution is -2.24. The molecule has 2 heterocycles. The van der Waals surface area contributed by atoms with Gasteiger partial charge in [0.25, 0.3) is 0 Å². The van der Waals surface area contributed by atoms with Crippen molar-refractivity contribution in [3.8, 4) is 12.8 Å². The standard InChI is InChI=1S/C21H23F2N6P.C12H26O.C2H2/c1-14-19(22)13-25-20(27-14)29-26-12-18-8-7-16(9-10-24-18)28-17-6-4-3-5-15(11-17)21(2,23)30;1-5-8-10-13-12(9-6-2)11(4)7-3;1-2/h3,5-13,16,28H,4,30H2,1-2H3,(H,25,27,29);11-12H,5-10H2,1-4H3;1-2H/b26-12+;;. The number of aliphatic imine (C=N–C) groups is 1. The Morgan fingerprint density at radius 1 is 1.22 bits per heavy atom. The third-order valence-electron chi connectivity index (χ3n) is 6.93. The number of ether oxygens (including phenoxy) is 1. The SMILES string of the molecule is C#C.CCCCOC(CCC)C(C)CC.Cc1nc(N/N=C/C2=NC=CC(NC3=CCC=CC(C(C)(F)P)=C3)C=C2)ncc1F. The monoisotopic (exact) mass is 640 g/mol. The Morgan fingerprint density at radius 2 is 1.98 bits per heavy atom. The highest BCUT2D eigenvalue weighted by Gasteiger charge is 2.21. The number of nitrogens with one attached hydrogen (secondary N) is 2. The molecule has 3 rings (SSSR count). The van der Waals surface area contributed by atoms with Gasteiger partial charge in [-0.25, -0.2) is 24.2 Å². The molecule has 0 aromatic carbocycles. The molecule has 0 fully saturated rings. The van der Waals surface area contributed by atoms with Crippen LogP contribution in [0.25, 0.3) is 0 Å². The third kappa shape index (κ3) is 15.9. The van der Waals surface area contributed by atoms with Crippen molar-refractivity contribution in [3.05, 3.63) is 77.7 Å². The number of nitrogens with zero attached hydrogens (tertiary/aromatic N) is 4. The molecule has 1 aromatic heterocycles. The van der Waals surface area contributed by atoms with Crippen LogP contribution >= 0.6 is 9.24 Å². The van der Waals surface area contributed by atoms with Crippen molar-refractivity contribution >= 4 is 27.1 Å². The second-order valence-corrected chi connectivity index (χ2v) is 11.9. The minimum atomic E-state index is -1.50. The number of hydrazone groups is 1. The molecule has 1 aliphatic carbocycles. The zero-order valence-corrected chi connectivity index (χ0v) is 28.8. The van der Waals surface area contributed by atoms with E-state index in [9.17, 15) is 8.78 Å². The van der Waals surface area contributed by atoms with Crippen LogP contribution in [0, 0.1) is 31.5 Å². The number of terminal acetylenes is 1. The molecule has 246 valence electrons. The minimum absolute atomic E-state index is 0.118. The number of halogens is 2. The van der Waals surface area contributed by atoms with E-state index in [1.165, 1.54) is 45.2 Å². The second-order valence-electron chi connectivity index (χ2n) is 10.8. The quantitative estimate of drug-likeness (QED) is 0.0702. The second kappa shape index (κ2) is 22.1. The molecule has 2 N–H and O–H groups in total. The number of unbranched alkanes of at least 4 members (excludes halogenated alkanes) is 1. The van der Waals surface area contributed by atoms with Crippen molar-refractivity contribution in [2.75, 3.05) is 12.0 Å². The molecule has 0 bridgehead atoms. The van der Waals surface area contributed by atoms with Gasteiger partial charge in [-0.05, 0) is 62.8 Å². The summed E-state index contributed by atoms with van der Waals surface area (Å²) < 4.78 is 33.4. The smallest absolute Gasteiger partial charge is 0.243 e. The topological polar surface area (TPSA) is 83.8 Å². The molecule has 1 aromatic rings. The molecule has 0 radical (unpaired) electrons. The molecule has 5 atom stereocenters. The summed E-state index contributed by atoms with van der Waals surface area (Å²) in [4.78, 5) is 12.1. The molecule has 0 saturated heterocycles. The van der Waals surface area contributed by atoms with Gasteiger partial charge in [0, 0.05) is 18.5 Å². The summed E-state index contributed by atoms with van der Waals surface area (Å²) in [7, 11) is 2.22. The first-order chi connectivity index (χ1) is 21.6. The van der Waals surface area contributed by atoms with Crippen LogP contribution in [-0.4, -0.2) is 46.1 Å². The highest BCUT2D eigenvalue weighted by Crippen LogP contribution is 2.31. The zero-order valence-electron chi connectivity index (χ0n) is 27.6. The molecule has 0 saturated carbocycles. The first kappa shape index (κ1) is 39.6. The summed E-state index contributed by atoms with van der Waals surface area (Å²) in [6, 6.07) is -0.118. The number of rotatable bonds is 14. The summed E-state index contributed by atoms with van der Waals surface area (Å²) in [6.07, 6.45) is 32.8. The number of allylic oxidation sites excluding steroid dienone is 6. The van der Waals surface area contributed by atoms with Crippen molar-refractivity contribution < 1.29 is 13.5 Å². The maximum Gasteiger partial charge on any atom is 0.243 e. The van der Waals surface area contributed by atoms with Crippen molar-refractivity contribution in [3.63, 3.8) is 0 Å². The van der Waals surface area contributed by atoms with Crippen molar-refractivity contribution in [1.82, 2.24) is 15.3 Å². The molecular formula is C35H51F2N6OP. The molecule has 1 aliphatic heterocycles. The summed E-state index contributed by atoms with van der Waals surface area (Å²) >= 11 is 0. The number of aryl methyl sites for hydroxylation is 1. The Labute approximate surface area is 271 Å². The Kier molecular flexibility index (Phi) is 19.4.